The van der Waals surface area contributed by atoms with Gasteiger partial charge in [0.25, 0.3) is 0 Å². The lowest BCUT2D eigenvalue weighted by Crippen LogP contribution is -2.34. The molecule has 26 heavy (non-hydrogen) atoms. The molecule has 0 aliphatic heterocycles. The number of hydrogen-bond donors (Lipinski definition) is 0. The van der Waals surface area contributed by atoms with Crippen molar-refractivity contribution < 1.29 is 14.3 Å². The van der Waals surface area contributed by atoms with Crippen LogP contribution in [0, 0.1) is 5.21 Å². The van der Waals surface area contributed by atoms with Gasteiger partial charge in [-0.15, -0.1) is 15.0 Å². The Morgan fingerprint density at radius 2 is 2.15 bits per heavy atom. The SMILES string of the molecule is CCC(C(=O)OCc1nccc[n+]1[O-])n1nnc(-c2ccc(Cl)cc2)n1. The van der Waals surface area contributed by atoms with Gasteiger partial charge >= 0.3 is 11.8 Å². The van der Waals surface area contributed by atoms with Crippen molar-refractivity contribution in [3.05, 3.63) is 58.8 Å². The third-order valence-corrected chi connectivity index (χ3v) is 3.85. The molecule has 1 aromatic carbocycles. The molecule has 0 spiro atoms. The lowest BCUT2D eigenvalue weighted by Gasteiger charge is -2.12. The Balaban J connectivity index is 1.71. The zero-order valence-corrected chi connectivity index (χ0v) is 14.6. The number of rotatable bonds is 6. The van der Waals surface area contributed by atoms with Crippen LogP contribution in [0.2, 0.25) is 5.02 Å². The molecule has 2 aromatic heterocycles. The van der Waals surface area contributed by atoms with Crippen molar-refractivity contribution in [3.63, 3.8) is 0 Å². The zero-order valence-electron chi connectivity index (χ0n) is 13.8. The molecule has 3 rings (SSSR count). The van der Waals surface area contributed by atoms with E-state index >= 15 is 0 Å². The standard InChI is InChI=1S/C16H15ClN6O3/c1-2-13(16(24)26-10-14-18-8-3-9-22(14)25)23-20-15(19-21-23)11-4-6-12(17)7-5-11/h3-9,13H,2,10H2,1H3. The first kappa shape index (κ1) is 17.7. The largest absolute Gasteiger partial charge is 0.711 e. The van der Waals surface area contributed by atoms with Crippen molar-refractivity contribution in [2.75, 3.05) is 0 Å². The molecule has 0 amide bonds. The number of carbonyl (C=O) groups excluding carboxylic acids is 1. The summed E-state index contributed by atoms with van der Waals surface area (Å²) in [7, 11) is 0. The Labute approximate surface area is 153 Å². The molecule has 0 aliphatic carbocycles. The molecular weight excluding hydrogens is 360 g/mol. The van der Waals surface area contributed by atoms with Gasteiger partial charge in [-0.1, -0.05) is 18.5 Å². The van der Waals surface area contributed by atoms with Gasteiger partial charge in [0.15, 0.2) is 12.6 Å². The van der Waals surface area contributed by atoms with Crippen molar-refractivity contribution >= 4 is 17.6 Å². The Hall–Kier alpha value is -3.07. The van der Waals surface area contributed by atoms with Crippen LogP contribution in [0.15, 0.2) is 42.7 Å². The summed E-state index contributed by atoms with van der Waals surface area (Å²) < 4.78 is 5.72. The molecule has 1 atom stereocenters. The maximum Gasteiger partial charge on any atom is 0.339 e. The molecule has 1 unspecified atom stereocenters. The molecule has 0 aliphatic rings. The van der Waals surface area contributed by atoms with Crippen LogP contribution in [-0.2, 0) is 16.1 Å². The second kappa shape index (κ2) is 7.87. The number of nitrogens with zero attached hydrogens (tertiary/aromatic N) is 6. The maximum absolute atomic E-state index is 12.3. The molecule has 0 N–H and O–H groups in total. The molecule has 0 saturated heterocycles. The summed E-state index contributed by atoms with van der Waals surface area (Å²) in [4.78, 5) is 17.4. The number of hydrogen-bond acceptors (Lipinski definition) is 7. The normalized spacial score (nSPS) is 11.9. The Morgan fingerprint density at radius 1 is 1.38 bits per heavy atom. The monoisotopic (exact) mass is 374 g/mol. The fourth-order valence-corrected chi connectivity index (χ4v) is 2.34. The van der Waals surface area contributed by atoms with E-state index in [2.05, 4.69) is 20.4 Å². The van der Waals surface area contributed by atoms with Crippen LogP contribution >= 0.6 is 11.6 Å². The lowest BCUT2D eigenvalue weighted by molar-refractivity contribution is -0.620. The number of benzene rings is 1. The number of aromatic nitrogens is 6. The summed E-state index contributed by atoms with van der Waals surface area (Å²) in [5, 5.41) is 24.3. The molecule has 10 heteroatoms. The summed E-state index contributed by atoms with van der Waals surface area (Å²) in [5.74, 6) is -0.114. The van der Waals surface area contributed by atoms with E-state index in [1.54, 1.807) is 31.2 Å². The van der Waals surface area contributed by atoms with E-state index in [4.69, 9.17) is 16.3 Å². The predicted molar refractivity (Wildman–Crippen MR) is 90.6 cm³/mol. The highest BCUT2D eigenvalue weighted by Crippen LogP contribution is 2.19. The highest BCUT2D eigenvalue weighted by atomic mass is 35.5. The van der Waals surface area contributed by atoms with Crippen molar-refractivity contribution in [1.29, 1.82) is 0 Å². The van der Waals surface area contributed by atoms with Crippen molar-refractivity contribution in [2.45, 2.75) is 26.0 Å². The summed E-state index contributed by atoms with van der Waals surface area (Å²) in [6.07, 6.45) is 3.13. The molecular formula is C16H15ClN6O3. The molecule has 3 aromatic rings. The minimum Gasteiger partial charge on any atom is -0.711 e. The zero-order chi connectivity index (χ0) is 18.5. The van der Waals surface area contributed by atoms with E-state index < -0.39 is 12.0 Å². The average Bonchev–Trinajstić information content (AvgIpc) is 3.12. The van der Waals surface area contributed by atoms with Crippen LogP contribution in [0.25, 0.3) is 11.4 Å². The Bertz CT molecular complexity index is 899. The smallest absolute Gasteiger partial charge is 0.339 e. The van der Waals surface area contributed by atoms with Gasteiger partial charge in [0.05, 0.1) is 6.20 Å². The van der Waals surface area contributed by atoms with Crippen molar-refractivity contribution in [2.24, 2.45) is 0 Å². The van der Waals surface area contributed by atoms with Crippen LogP contribution in [0.5, 0.6) is 0 Å². The number of halogens is 1. The predicted octanol–water partition coefficient (Wildman–Crippen LogP) is 1.72. The quantitative estimate of drug-likeness (QED) is 0.367. The molecule has 0 bridgehead atoms. The highest BCUT2D eigenvalue weighted by Gasteiger charge is 2.24. The Kier molecular flexibility index (Phi) is 5.37. The third-order valence-electron chi connectivity index (χ3n) is 3.60. The van der Waals surface area contributed by atoms with Gasteiger partial charge in [-0.05, 0) is 40.9 Å². The second-order valence-corrected chi connectivity index (χ2v) is 5.77. The average molecular weight is 375 g/mol. The number of tetrazole rings is 1. The van der Waals surface area contributed by atoms with Gasteiger partial charge < -0.3 is 9.94 Å². The number of carbonyl (C=O) groups is 1. The molecule has 2 heterocycles. The highest BCUT2D eigenvalue weighted by molar-refractivity contribution is 6.30. The first-order chi connectivity index (χ1) is 12.6. The van der Waals surface area contributed by atoms with Crippen molar-refractivity contribution in [1.82, 2.24) is 25.2 Å². The minimum atomic E-state index is -0.757. The van der Waals surface area contributed by atoms with E-state index in [0.717, 1.165) is 5.56 Å². The van der Waals surface area contributed by atoms with E-state index in [0.29, 0.717) is 22.0 Å². The van der Waals surface area contributed by atoms with E-state index in [1.807, 2.05) is 0 Å². The fourth-order valence-electron chi connectivity index (χ4n) is 2.22. The molecule has 0 radical (unpaired) electrons. The minimum absolute atomic E-state index is 0.0871. The van der Waals surface area contributed by atoms with Crippen molar-refractivity contribution in [3.8, 4) is 11.4 Å². The van der Waals surface area contributed by atoms with E-state index in [1.165, 1.54) is 23.3 Å². The van der Waals surface area contributed by atoms with Gasteiger partial charge in [0, 0.05) is 16.7 Å². The van der Waals surface area contributed by atoms with E-state index in [-0.39, 0.29) is 12.4 Å². The number of esters is 1. The third kappa shape index (κ3) is 3.94. The van der Waals surface area contributed by atoms with Gasteiger partial charge in [0.1, 0.15) is 6.20 Å². The van der Waals surface area contributed by atoms with Crippen LogP contribution in [0.4, 0.5) is 0 Å². The van der Waals surface area contributed by atoms with Crippen LogP contribution in [-0.4, -0.2) is 31.2 Å². The summed E-state index contributed by atoms with van der Waals surface area (Å²) in [6, 6.07) is 7.69. The fraction of sp³-hybridized carbons (Fsp3) is 0.250. The van der Waals surface area contributed by atoms with Crippen LogP contribution in [0.3, 0.4) is 0 Å². The summed E-state index contributed by atoms with van der Waals surface area (Å²) in [6.45, 7) is 1.56. The maximum atomic E-state index is 12.3. The first-order valence-corrected chi connectivity index (χ1v) is 8.21. The molecule has 134 valence electrons. The molecule has 9 nitrogen and oxygen atoms in total. The molecule has 0 saturated carbocycles. The van der Waals surface area contributed by atoms with Crippen LogP contribution < -0.4 is 4.73 Å². The topological polar surface area (TPSA) is 110 Å². The van der Waals surface area contributed by atoms with Crippen LogP contribution in [0.1, 0.15) is 25.2 Å². The van der Waals surface area contributed by atoms with Gasteiger partial charge in [-0.3, -0.25) is 0 Å². The summed E-state index contributed by atoms with van der Waals surface area (Å²) >= 11 is 5.86. The van der Waals surface area contributed by atoms with Gasteiger partial charge in [-0.25, -0.2) is 9.52 Å². The first-order valence-electron chi connectivity index (χ1n) is 7.83. The molecule has 0 fully saturated rings. The lowest BCUT2D eigenvalue weighted by atomic mass is 10.2. The number of ether oxygens (including phenoxy) is 1. The second-order valence-electron chi connectivity index (χ2n) is 5.33. The van der Waals surface area contributed by atoms with E-state index in [9.17, 15) is 10.0 Å². The Morgan fingerprint density at radius 3 is 2.85 bits per heavy atom. The van der Waals surface area contributed by atoms with Gasteiger partial charge in [-0.2, -0.15) is 0 Å². The van der Waals surface area contributed by atoms with Gasteiger partial charge in [0.2, 0.25) is 5.82 Å². The summed E-state index contributed by atoms with van der Waals surface area (Å²) in [5.41, 5.74) is 0.727.